The maximum atomic E-state index is 6.36. The number of hydrogen-bond donors (Lipinski definition) is 1. The van der Waals surface area contributed by atoms with Crippen molar-refractivity contribution in [1.82, 2.24) is 5.32 Å². The highest BCUT2D eigenvalue weighted by atomic mass is 35.5. The van der Waals surface area contributed by atoms with Crippen LogP contribution in [0.4, 0.5) is 0 Å². The summed E-state index contributed by atoms with van der Waals surface area (Å²) in [7, 11) is 5.06. The minimum Gasteiger partial charge on any atom is -0.493 e. The summed E-state index contributed by atoms with van der Waals surface area (Å²) < 4.78 is 21.8. The van der Waals surface area contributed by atoms with Gasteiger partial charge in [-0.15, -0.1) is 0 Å². The lowest BCUT2D eigenvalue weighted by atomic mass is 10.0. The molecular formula is C14H20ClNO4. The number of hydrogen-bond acceptors (Lipinski definition) is 5. The topological polar surface area (TPSA) is 49.0 Å². The average Bonchev–Trinajstić information content (AvgIpc) is 2.50. The number of benzene rings is 1. The van der Waals surface area contributed by atoms with Gasteiger partial charge in [0.2, 0.25) is 0 Å². The molecule has 2 rings (SSSR count). The first kappa shape index (κ1) is 15.4. The highest BCUT2D eigenvalue weighted by molar-refractivity contribution is 6.31. The van der Waals surface area contributed by atoms with Gasteiger partial charge >= 0.3 is 0 Å². The van der Waals surface area contributed by atoms with E-state index in [1.165, 1.54) is 0 Å². The summed E-state index contributed by atoms with van der Waals surface area (Å²) in [6.07, 6.45) is -0.0793. The van der Waals surface area contributed by atoms with E-state index in [1.54, 1.807) is 20.3 Å². The summed E-state index contributed by atoms with van der Waals surface area (Å²) in [6.45, 7) is 1.76. The van der Waals surface area contributed by atoms with E-state index in [0.29, 0.717) is 36.3 Å². The Kier molecular flexibility index (Phi) is 5.48. The molecule has 0 aromatic heterocycles. The fourth-order valence-corrected chi connectivity index (χ4v) is 2.62. The quantitative estimate of drug-likeness (QED) is 0.902. The second-order valence-corrected chi connectivity index (χ2v) is 4.89. The zero-order valence-electron chi connectivity index (χ0n) is 11.9. The fourth-order valence-electron chi connectivity index (χ4n) is 2.35. The molecule has 1 N–H and O–H groups in total. The van der Waals surface area contributed by atoms with Gasteiger partial charge in [-0.3, -0.25) is 0 Å². The Hall–Kier alpha value is -1.01. The zero-order valence-corrected chi connectivity index (χ0v) is 12.7. The van der Waals surface area contributed by atoms with Crippen LogP contribution in [0.2, 0.25) is 5.02 Å². The van der Waals surface area contributed by atoms with Crippen molar-refractivity contribution in [2.24, 2.45) is 0 Å². The molecule has 0 aliphatic carbocycles. The molecule has 0 radical (unpaired) electrons. The van der Waals surface area contributed by atoms with Gasteiger partial charge in [-0.05, 0) is 18.7 Å². The van der Waals surface area contributed by atoms with Crippen molar-refractivity contribution >= 4 is 11.6 Å². The van der Waals surface area contributed by atoms with E-state index in [1.807, 2.05) is 13.1 Å². The normalized spacial score (nSPS) is 20.5. The molecule has 2 atom stereocenters. The third-order valence-electron chi connectivity index (χ3n) is 3.36. The molecule has 1 aliphatic heterocycles. The van der Waals surface area contributed by atoms with Crippen molar-refractivity contribution in [3.8, 4) is 11.5 Å². The predicted molar refractivity (Wildman–Crippen MR) is 76.9 cm³/mol. The van der Waals surface area contributed by atoms with Crippen molar-refractivity contribution < 1.29 is 18.9 Å². The maximum absolute atomic E-state index is 6.36. The molecular weight excluding hydrogens is 282 g/mol. The smallest absolute Gasteiger partial charge is 0.162 e. The van der Waals surface area contributed by atoms with Crippen LogP contribution in [-0.4, -0.2) is 47.2 Å². The monoisotopic (exact) mass is 301 g/mol. The number of likely N-dealkylation sites (N-methyl/N-ethyl adjacent to an activating group) is 1. The highest BCUT2D eigenvalue weighted by Gasteiger charge is 2.28. The Bertz CT molecular complexity index is 449. The number of rotatable bonds is 5. The predicted octanol–water partition coefficient (Wildman–Crippen LogP) is 2.03. The standard InChI is InChI=1S/C14H20ClNO4/c1-16-14(13-8-19-4-5-20-13)9-6-11(17-2)12(18-3)7-10(9)15/h6-7,13-14,16H,4-5,8H2,1-3H3. The van der Waals surface area contributed by atoms with E-state index in [9.17, 15) is 0 Å². The molecule has 0 spiro atoms. The Morgan fingerprint density at radius 1 is 1.25 bits per heavy atom. The largest absolute Gasteiger partial charge is 0.493 e. The molecule has 20 heavy (non-hydrogen) atoms. The molecule has 2 unspecified atom stereocenters. The minimum atomic E-state index is -0.0793. The maximum Gasteiger partial charge on any atom is 0.162 e. The SMILES string of the molecule is CNC(c1cc(OC)c(OC)cc1Cl)C1COCCO1. The molecule has 1 saturated heterocycles. The highest BCUT2D eigenvalue weighted by Crippen LogP contribution is 2.37. The van der Waals surface area contributed by atoms with Crippen molar-refractivity contribution in [3.05, 3.63) is 22.7 Å². The average molecular weight is 302 g/mol. The molecule has 1 fully saturated rings. The number of nitrogens with one attached hydrogen (secondary N) is 1. The van der Waals surface area contributed by atoms with Crippen LogP contribution in [-0.2, 0) is 9.47 Å². The van der Waals surface area contributed by atoms with Gasteiger partial charge in [0.05, 0.1) is 40.1 Å². The Labute approximate surface area is 124 Å². The summed E-state index contributed by atoms with van der Waals surface area (Å²) in [4.78, 5) is 0. The summed E-state index contributed by atoms with van der Waals surface area (Å²) in [6, 6.07) is 3.56. The van der Waals surface area contributed by atoms with E-state index in [-0.39, 0.29) is 12.1 Å². The number of methoxy groups -OCH3 is 2. The third-order valence-corrected chi connectivity index (χ3v) is 3.69. The first-order valence-corrected chi connectivity index (χ1v) is 6.87. The number of halogens is 1. The first-order chi connectivity index (χ1) is 9.71. The van der Waals surface area contributed by atoms with Gasteiger partial charge in [-0.2, -0.15) is 0 Å². The Balaban J connectivity index is 2.33. The summed E-state index contributed by atoms with van der Waals surface area (Å²) >= 11 is 6.36. The van der Waals surface area contributed by atoms with Crippen LogP contribution in [0.3, 0.4) is 0 Å². The van der Waals surface area contributed by atoms with Crippen LogP contribution >= 0.6 is 11.6 Å². The van der Waals surface area contributed by atoms with Crippen LogP contribution in [0.15, 0.2) is 12.1 Å². The van der Waals surface area contributed by atoms with Gasteiger partial charge in [0, 0.05) is 11.1 Å². The van der Waals surface area contributed by atoms with Gasteiger partial charge in [0.25, 0.3) is 0 Å². The second-order valence-electron chi connectivity index (χ2n) is 4.48. The van der Waals surface area contributed by atoms with Crippen molar-refractivity contribution in [1.29, 1.82) is 0 Å². The van der Waals surface area contributed by atoms with Crippen LogP contribution in [0, 0.1) is 0 Å². The van der Waals surface area contributed by atoms with Gasteiger partial charge in [-0.1, -0.05) is 11.6 Å². The van der Waals surface area contributed by atoms with E-state index in [2.05, 4.69) is 5.32 Å². The lowest BCUT2D eigenvalue weighted by molar-refractivity contribution is -0.101. The van der Waals surface area contributed by atoms with Crippen LogP contribution in [0.5, 0.6) is 11.5 Å². The molecule has 1 aromatic carbocycles. The molecule has 1 aliphatic rings. The third kappa shape index (κ3) is 3.17. The lowest BCUT2D eigenvalue weighted by Gasteiger charge is -2.31. The van der Waals surface area contributed by atoms with Crippen LogP contribution in [0.1, 0.15) is 11.6 Å². The Morgan fingerprint density at radius 3 is 2.50 bits per heavy atom. The molecule has 5 nitrogen and oxygen atoms in total. The van der Waals surface area contributed by atoms with Gasteiger partial charge < -0.3 is 24.3 Å². The molecule has 1 aromatic rings. The van der Waals surface area contributed by atoms with E-state index in [0.717, 1.165) is 5.56 Å². The van der Waals surface area contributed by atoms with Crippen molar-refractivity contribution in [2.45, 2.75) is 12.1 Å². The van der Waals surface area contributed by atoms with E-state index >= 15 is 0 Å². The van der Waals surface area contributed by atoms with Crippen molar-refractivity contribution in [3.63, 3.8) is 0 Å². The summed E-state index contributed by atoms with van der Waals surface area (Å²) in [5.41, 5.74) is 0.905. The molecule has 1 heterocycles. The first-order valence-electron chi connectivity index (χ1n) is 6.49. The molecule has 0 amide bonds. The molecule has 6 heteroatoms. The summed E-state index contributed by atoms with van der Waals surface area (Å²) in [5, 5.41) is 3.84. The summed E-state index contributed by atoms with van der Waals surface area (Å²) in [5.74, 6) is 1.25. The number of ether oxygens (including phenoxy) is 4. The lowest BCUT2D eigenvalue weighted by Crippen LogP contribution is -2.39. The van der Waals surface area contributed by atoms with Gasteiger partial charge in [0.15, 0.2) is 11.5 Å². The Morgan fingerprint density at radius 2 is 1.95 bits per heavy atom. The van der Waals surface area contributed by atoms with Gasteiger partial charge in [0.1, 0.15) is 6.10 Å². The van der Waals surface area contributed by atoms with Crippen LogP contribution < -0.4 is 14.8 Å². The van der Waals surface area contributed by atoms with E-state index < -0.39 is 0 Å². The molecule has 112 valence electrons. The molecule has 0 bridgehead atoms. The zero-order chi connectivity index (χ0) is 14.5. The van der Waals surface area contributed by atoms with E-state index in [4.69, 9.17) is 30.5 Å². The second kappa shape index (κ2) is 7.13. The molecule has 0 saturated carbocycles. The minimum absolute atomic E-state index is 0.0670. The van der Waals surface area contributed by atoms with Gasteiger partial charge in [-0.25, -0.2) is 0 Å². The fraction of sp³-hybridized carbons (Fsp3) is 0.571. The van der Waals surface area contributed by atoms with Crippen LogP contribution in [0.25, 0.3) is 0 Å². The van der Waals surface area contributed by atoms with Crippen molar-refractivity contribution in [2.75, 3.05) is 41.1 Å².